The van der Waals surface area contributed by atoms with Gasteiger partial charge in [-0.3, -0.25) is 9.69 Å². The van der Waals surface area contributed by atoms with Gasteiger partial charge in [-0.25, -0.2) is 4.79 Å². The van der Waals surface area contributed by atoms with E-state index in [1.165, 1.54) is 0 Å². The van der Waals surface area contributed by atoms with E-state index in [0.29, 0.717) is 13.1 Å². The van der Waals surface area contributed by atoms with Crippen molar-refractivity contribution in [1.29, 1.82) is 0 Å². The van der Waals surface area contributed by atoms with Gasteiger partial charge < -0.3 is 10.2 Å². The molecule has 5 nitrogen and oxygen atoms in total. The zero-order chi connectivity index (χ0) is 19.2. The average molecular weight is 382 g/mol. The summed E-state index contributed by atoms with van der Waals surface area (Å²) in [7, 11) is 0. The minimum Gasteiger partial charge on any atom is -0.309 e. The molecule has 0 aliphatic carbocycles. The van der Waals surface area contributed by atoms with Gasteiger partial charge in [0, 0.05) is 29.1 Å². The minimum absolute atomic E-state index is 0.0370. The van der Waals surface area contributed by atoms with Crippen LogP contribution >= 0.6 is 11.8 Å². The number of fused-ring (bicyclic) bond motifs is 2. The Hall–Kier alpha value is -2.47. The number of anilines is 2. The summed E-state index contributed by atoms with van der Waals surface area (Å²) in [5.74, 6) is -0.0370. The fourth-order valence-corrected chi connectivity index (χ4v) is 5.71. The van der Waals surface area contributed by atoms with Crippen molar-refractivity contribution in [1.82, 2.24) is 4.90 Å². The van der Waals surface area contributed by atoms with E-state index < -0.39 is 4.87 Å². The largest absolute Gasteiger partial charge is 0.323 e. The molecule has 0 aromatic heterocycles. The van der Waals surface area contributed by atoms with Crippen LogP contribution in [0, 0.1) is 0 Å². The Morgan fingerprint density at radius 1 is 1.11 bits per heavy atom. The monoisotopic (exact) mass is 381 g/mol. The molecule has 1 saturated heterocycles. The van der Waals surface area contributed by atoms with Crippen molar-refractivity contribution in [3.63, 3.8) is 0 Å². The third kappa shape index (κ3) is 2.70. The van der Waals surface area contributed by atoms with Crippen LogP contribution in [0.5, 0.6) is 0 Å². The number of benzene rings is 2. The molecule has 2 aliphatic heterocycles. The Bertz CT molecular complexity index is 899. The molecule has 1 atom stereocenters. The van der Waals surface area contributed by atoms with Gasteiger partial charge in [-0.05, 0) is 39.0 Å². The predicted molar refractivity (Wildman–Crippen MR) is 110 cm³/mol. The van der Waals surface area contributed by atoms with E-state index in [4.69, 9.17) is 0 Å². The van der Waals surface area contributed by atoms with Crippen LogP contribution in [0.4, 0.5) is 16.2 Å². The molecule has 3 amide bonds. The number of carbonyl (C=O) groups is 2. The van der Waals surface area contributed by atoms with Crippen LogP contribution in [0.2, 0.25) is 0 Å². The van der Waals surface area contributed by atoms with Gasteiger partial charge in [0.05, 0.1) is 5.69 Å². The zero-order valence-electron chi connectivity index (χ0n) is 15.7. The first-order valence-electron chi connectivity index (χ1n) is 9.14. The summed E-state index contributed by atoms with van der Waals surface area (Å²) in [6.45, 7) is 7.20. The van der Waals surface area contributed by atoms with Gasteiger partial charge in [-0.1, -0.05) is 36.4 Å². The van der Waals surface area contributed by atoms with Crippen molar-refractivity contribution in [3.05, 3.63) is 60.2 Å². The van der Waals surface area contributed by atoms with Crippen LogP contribution < -0.4 is 10.2 Å². The molecule has 27 heavy (non-hydrogen) atoms. The number of para-hydroxylation sites is 2. The number of likely N-dealkylation sites (N-methyl/N-ethyl adjacent to an activating group) is 1. The summed E-state index contributed by atoms with van der Waals surface area (Å²) in [6, 6.07) is 16.9. The summed E-state index contributed by atoms with van der Waals surface area (Å²) in [6.07, 6.45) is 0. The molecular weight excluding hydrogens is 358 g/mol. The summed E-state index contributed by atoms with van der Waals surface area (Å²) in [5, 5.41) is 2.96. The Morgan fingerprint density at radius 3 is 2.48 bits per heavy atom. The molecule has 2 aromatic carbocycles. The number of nitrogens with one attached hydrogen (secondary N) is 1. The number of amides is 3. The quantitative estimate of drug-likeness (QED) is 0.845. The fourth-order valence-electron chi connectivity index (χ4n) is 3.98. The molecule has 2 aliphatic rings. The Kier molecular flexibility index (Phi) is 4.18. The Labute approximate surface area is 163 Å². The molecule has 1 spiro atoms. The van der Waals surface area contributed by atoms with Gasteiger partial charge in [-0.15, -0.1) is 11.8 Å². The summed E-state index contributed by atoms with van der Waals surface area (Å²) in [4.78, 5) is 29.3. The van der Waals surface area contributed by atoms with Crippen LogP contribution in [0.25, 0.3) is 0 Å². The average Bonchev–Trinajstić information content (AvgIpc) is 3.08. The number of nitrogens with zero attached hydrogens (tertiary/aromatic N) is 2. The molecular formula is C21H23N3O2S. The van der Waals surface area contributed by atoms with E-state index >= 15 is 0 Å². The normalized spacial score (nSPS) is 23.0. The maximum absolute atomic E-state index is 13.6. The van der Waals surface area contributed by atoms with Crippen LogP contribution in [0.1, 0.15) is 26.3 Å². The highest BCUT2D eigenvalue weighted by Gasteiger charge is 2.63. The van der Waals surface area contributed by atoms with Crippen LogP contribution in [-0.2, 0) is 9.67 Å². The second-order valence-corrected chi connectivity index (χ2v) is 9.35. The van der Waals surface area contributed by atoms with Crippen molar-refractivity contribution in [2.45, 2.75) is 30.4 Å². The lowest BCUT2D eigenvalue weighted by Gasteiger charge is -2.33. The van der Waals surface area contributed by atoms with Crippen molar-refractivity contribution in [2.75, 3.05) is 23.3 Å². The van der Waals surface area contributed by atoms with Gasteiger partial charge in [0.1, 0.15) is 0 Å². The number of carbonyl (C=O) groups excluding carboxylic acids is 2. The van der Waals surface area contributed by atoms with Crippen molar-refractivity contribution >= 4 is 35.1 Å². The summed E-state index contributed by atoms with van der Waals surface area (Å²) < 4.78 is -0.236. The highest BCUT2D eigenvalue weighted by Crippen LogP contribution is 2.59. The van der Waals surface area contributed by atoms with Crippen molar-refractivity contribution in [3.8, 4) is 0 Å². The number of thioether (sulfide) groups is 1. The van der Waals surface area contributed by atoms with E-state index in [1.54, 1.807) is 21.6 Å². The summed E-state index contributed by atoms with van der Waals surface area (Å²) >= 11 is 1.57. The van der Waals surface area contributed by atoms with E-state index in [-0.39, 0.29) is 16.7 Å². The van der Waals surface area contributed by atoms with Gasteiger partial charge in [0.25, 0.3) is 5.91 Å². The molecule has 2 aromatic rings. The van der Waals surface area contributed by atoms with E-state index in [1.807, 2.05) is 61.5 Å². The SMILES string of the molecule is CCN1C(=O)[C@@]2(SC(C)(C)CN2C(=O)Nc2ccccc2)c2ccccc21. The molecule has 1 N–H and O–H groups in total. The van der Waals surface area contributed by atoms with Crippen LogP contribution in [0.3, 0.4) is 0 Å². The second kappa shape index (κ2) is 6.30. The molecule has 2 heterocycles. The zero-order valence-corrected chi connectivity index (χ0v) is 16.5. The van der Waals surface area contributed by atoms with Gasteiger partial charge in [-0.2, -0.15) is 0 Å². The van der Waals surface area contributed by atoms with Gasteiger partial charge in [0.15, 0.2) is 4.87 Å². The highest BCUT2D eigenvalue weighted by molar-refractivity contribution is 8.02. The lowest BCUT2D eigenvalue weighted by Crippen LogP contribution is -2.51. The number of rotatable bonds is 2. The van der Waals surface area contributed by atoms with Crippen LogP contribution in [-0.4, -0.2) is 34.7 Å². The topological polar surface area (TPSA) is 52.7 Å². The molecule has 0 saturated carbocycles. The molecule has 6 heteroatoms. The van der Waals surface area contributed by atoms with Crippen molar-refractivity contribution in [2.24, 2.45) is 0 Å². The van der Waals surface area contributed by atoms with Crippen molar-refractivity contribution < 1.29 is 9.59 Å². The Balaban J connectivity index is 1.80. The van der Waals surface area contributed by atoms with Crippen LogP contribution in [0.15, 0.2) is 54.6 Å². The first kappa shape index (κ1) is 17.9. The maximum atomic E-state index is 13.6. The first-order valence-corrected chi connectivity index (χ1v) is 9.96. The van der Waals surface area contributed by atoms with E-state index in [2.05, 4.69) is 19.2 Å². The molecule has 0 radical (unpaired) electrons. The third-order valence-corrected chi connectivity index (χ3v) is 6.62. The standard InChI is InChI=1S/C21H23N3O2S/c1-4-23-17-13-9-8-12-16(17)21(18(23)25)24(14-20(2,3)27-21)19(26)22-15-10-6-5-7-11-15/h5-13H,4,14H2,1-3H3,(H,22,26)/t21-/m0/s1. The molecule has 0 unspecified atom stereocenters. The molecule has 0 bridgehead atoms. The maximum Gasteiger partial charge on any atom is 0.323 e. The lowest BCUT2D eigenvalue weighted by molar-refractivity contribution is -0.123. The number of hydrogen-bond acceptors (Lipinski definition) is 3. The van der Waals surface area contributed by atoms with Gasteiger partial charge in [0.2, 0.25) is 0 Å². The molecule has 140 valence electrons. The van der Waals surface area contributed by atoms with E-state index in [0.717, 1.165) is 16.9 Å². The highest BCUT2D eigenvalue weighted by atomic mass is 32.2. The molecule has 1 fully saturated rings. The smallest absolute Gasteiger partial charge is 0.309 e. The Morgan fingerprint density at radius 2 is 1.78 bits per heavy atom. The van der Waals surface area contributed by atoms with Gasteiger partial charge >= 0.3 is 6.03 Å². The third-order valence-electron chi connectivity index (χ3n) is 5.02. The fraction of sp³-hybridized carbons (Fsp3) is 0.333. The number of hydrogen-bond donors (Lipinski definition) is 1. The minimum atomic E-state index is -1.02. The molecule has 4 rings (SSSR count). The second-order valence-electron chi connectivity index (χ2n) is 7.45. The lowest BCUT2D eigenvalue weighted by atomic mass is 10.1. The number of urea groups is 1. The van der Waals surface area contributed by atoms with E-state index in [9.17, 15) is 9.59 Å². The summed E-state index contributed by atoms with van der Waals surface area (Å²) in [5.41, 5.74) is 2.52. The predicted octanol–water partition coefficient (Wildman–Crippen LogP) is 4.27. The first-order chi connectivity index (χ1) is 12.9.